The summed E-state index contributed by atoms with van der Waals surface area (Å²) in [7, 11) is 1.56. The normalized spacial score (nSPS) is 13.5. The van der Waals surface area contributed by atoms with Crippen LogP contribution in [0, 0.1) is 0 Å². The zero-order chi connectivity index (χ0) is 29.2. The van der Waals surface area contributed by atoms with Crippen LogP contribution in [0.1, 0.15) is 59.1 Å². The van der Waals surface area contributed by atoms with Crippen molar-refractivity contribution in [2.75, 3.05) is 24.4 Å². The molecule has 3 amide bonds. The summed E-state index contributed by atoms with van der Waals surface area (Å²) in [4.78, 5) is 42.2. The predicted molar refractivity (Wildman–Crippen MR) is 155 cm³/mol. The van der Waals surface area contributed by atoms with E-state index >= 15 is 0 Å². The molecule has 0 aliphatic carbocycles. The average Bonchev–Trinajstić information content (AvgIpc) is 2.88. The van der Waals surface area contributed by atoms with Gasteiger partial charge >= 0.3 is 6.09 Å². The molecule has 0 radical (unpaired) electrons. The molecule has 3 N–H and O–H groups in total. The molecule has 0 spiro atoms. The van der Waals surface area contributed by atoms with Gasteiger partial charge in [0.05, 0.1) is 7.11 Å². The molecular weight excluding hydrogens is 518 g/mol. The third kappa shape index (κ3) is 9.69. The van der Waals surface area contributed by atoms with E-state index in [1.807, 2.05) is 20.1 Å². The van der Waals surface area contributed by atoms with E-state index in [2.05, 4.69) is 10.6 Å². The molecule has 0 aliphatic heterocycles. The van der Waals surface area contributed by atoms with E-state index in [-0.39, 0.29) is 11.8 Å². The number of aromatic hydroxyl groups is 1. The van der Waals surface area contributed by atoms with E-state index in [9.17, 15) is 19.5 Å². The van der Waals surface area contributed by atoms with Crippen LogP contribution in [-0.4, -0.2) is 64.7 Å². The van der Waals surface area contributed by atoms with E-state index in [1.165, 1.54) is 17.0 Å². The van der Waals surface area contributed by atoms with E-state index in [0.29, 0.717) is 35.6 Å². The Bertz CT molecular complexity index is 1090. The lowest BCUT2D eigenvalue weighted by atomic mass is 9.99. The number of methoxy groups -OCH3 is 1. The molecular formula is C29H41N3O6S. The molecule has 0 saturated heterocycles. The highest BCUT2D eigenvalue weighted by Crippen LogP contribution is 2.29. The van der Waals surface area contributed by atoms with Crippen molar-refractivity contribution in [3.05, 3.63) is 54.1 Å². The summed E-state index contributed by atoms with van der Waals surface area (Å²) >= 11 is 1.55. The van der Waals surface area contributed by atoms with Crippen LogP contribution in [0.25, 0.3) is 0 Å². The number of ether oxygens (including phenoxy) is 2. The number of nitrogens with one attached hydrogen (secondary N) is 2. The number of rotatable bonds is 12. The SMILES string of the molecule is CCC(C)N(C(=O)C(CCSC)NC(=O)OC(C)(C)C)C(C(=O)Nc1ccc(OC)cc1)c1ccc(O)cc1. The van der Waals surface area contributed by atoms with Gasteiger partial charge < -0.3 is 30.1 Å². The number of hydrogen-bond acceptors (Lipinski definition) is 7. The maximum atomic E-state index is 14.2. The van der Waals surface area contributed by atoms with Gasteiger partial charge in [-0.05, 0) is 94.5 Å². The molecule has 2 aromatic rings. The Morgan fingerprint density at radius 2 is 1.67 bits per heavy atom. The van der Waals surface area contributed by atoms with Gasteiger partial charge in [-0.1, -0.05) is 19.1 Å². The Morgan fingerprint density at radius 1 is 1.05 bits per heavy atom. The molecule has 0 aromatic heterocycles. The van der Waals surface area contributed by atoms with Gasteiger partial charge in [-0.2, -0.15) is 11.8 Å². The standard InChI is InChI=1S/C29H41N3O6S/c1-8-19(2)32(27(35)24(17-18-39-7)31-28(36)38-29(3,4)5)25(20-9-13-22(33)14-10-20)26(34)30-21-11-15-23(37-6)16-12-21/h9-16,19,24-25,33H,8,17-18H2,1-7H3,(H,30,34)(H,31,36). The summed E-state index contributed by atoms with van der Waals surface area (Å²) in [6, 6.07) is 10.8. The van der Waals surface area contributed by atoms with Crippen LogP contribution in [0.4, 0.5) is 10.5 Å². The Balaban J connectivity index is 2.51. The third-order valence-electron chi connectivity index (χ3n) is 6.01. The highest BCUT2D eigenvalue weighted by atomic mass is 32.2. The molecule has 3 unspecified atom stereocenters. The quantitative estimate of drug-likeness (QED) is 0.321. The number of benzene rings is 2. The first kappa shape index (κ1) is 31.8. The van der Waals surface area contributed by atoms with Gasteiger partial charge in [0.15, 0.2) is 0 Å². The third-order valence-corrected chi connectivity index (χ3v) is 6.66. The minimum Gasteiger partial charge on any atom is -0.508 e. The van der Waals surface area contributed by atoms with E-state index < -0.39 is 35.6 Å². The van der Waals surface area contributed by atoms with Gasteiger partial charge in [0, 0.05) is 11.7 Å². The second-order valence-electron chi connectivity index (χ2n) is 10.2. The van der Waals surface area contributed by atoms with Crippen molar-refractivity contribution >= 4 is 35.4 Å². The summed E-state index contributed by atoms with van der Waals surface area (Å²) in [6.07, 6.45) is 2.14. The number of nitrogens with zero attached hydrogens (tertiary/aromatic N) is 1. The van der Waals surface area contributed by atoms with Gasteiger partial charge in [0.2, 0.25) is 5.91 Å². The number of phenols is 1. The topological polar surface area (TPSA) is 117 Å². The molecule has 0 aliphatic rings. The second kappa shape index (κ2) is 14.7. The number of amides is 3. The van der Waals surface area contributed by atoms with Crippen LogP contribution >= 0.6 is 11.8 Å². The number of hydrogen-bond donors (Lipinski definition) is 3. The molecule has 2 aromatic carbocycles. The number of thioether (sulfide) groups is 1. The number of phenolic OH excluding ortho intramolecular Hbond substituents is 1. The Labute approximate surface area is 235 Å². The summed E-state index contributed by atoms with van der Waals surface area (Å²) in [6.45, 7) is 9.05. The minimum absolute atomic E-state index is 0.0407. The van der Waals surface area contributed by atoms with Gasteiger partial charge in [0.1, 0.15) is 29.2 Å². The Morgan fingerprint density at radius 3 is 2.18 bits per heavy atom. The van der Waals surface area contributed by atoms with Crippen molar-refractivity contribution < 1.29 is 29.0 Å². The van der Waals surface area contributed by atoms with Crippen LogP contribution < -0.4 is 15.4 Å². The molecule has 0 bridgehead atoms. The fourth-order valence-electron chi connectivity index (χ4n) is 3.90. The number of alkyl carbamates (subject to hydrolysis) is 1. The summed E-state index contributed by atoms with van der Waals surface area (Å²) in [5.41, 5.74) is 0.320. The van der Waals surface area contributed by atoms with E-state index in [4.69, 9.17) is 9.47 Å². The molecule has 2 rings (SSSR count). The van der Waals surface area contributed by atoms with Crippen molar-refractivity contribution in [2.24, 2.45) is 0 Å². The molecule has 10 heteroatoms. The van der Waals surface area contributed by atoms with Crippen LogP contribution in [0.3, 0.4) is 0 Å². The lowest BCUT2D eigenvalue weighted by Crippen LogP contribution is -2.55. The molecule has 0 heterocycles. The Hall–Kier alpha value is -3.40. The summed E-state index contributed by atoms with van der Waals surface area (Å²) in [5, 5.41) is 15.5. The van der Waals surface area contributed by atoms with Crippen molar-refractivity contribution in [1.29, 1.82) is 0 Å². The molecule has 3 atom stereocenters. The van der Waals surface area contributed by atoms with E-state index in [1.54, 1.807) is 76.0 Å². The maximum absolute atomic E-state index is 14.2. The zero-order valence-electron chi connectivity index (χ0n) is 23.8. The average molecular weight is 560 g/mol. The van der Waals surface area contributed by atoms with Crippen molar-refractivity contribution in [3.8, 4) is 11.5 Å². The highest BCUT2D eigenvalue weighted by Gasteiger charge is 2.38. The first-order chi connectivity index (χ1) is 18.4. The van der Waals surface area contributed by atoms with Gasteiger partial charge in [-0.3, -0.25) is 9.59 Å². The van der Waals surface area contributed by atoms with E-state index in [0.717, 1.165) is 0 Å². The van der Waals surface area contributed by atoms with Crippen LogP contribution in [0.2, 0.25) is 0 Å². The van der Waals surface area contributed by atoms with Gasteiger partial charge in [-0.25, -0.2) is 4.79 Å². The highest BCUT2D eigenvalue weighted by molar-refractivity contribution is 7.98. The van der Waals surface area contributed by atoms with Gasteiger partial charge in [0.25, 0.3) is 5.91 Å². The number of anilines is 1. The molecule has 214 valence electrons. The first-order valence-electron chi connectivity index (χ1n) is 12.9. The van der Waals surface area contributed by atoms with Crippen LogP contribution in [0.5, 0.6) is 11.5 Å². The summed E-state index contributed by atoms with van der Waals surface area (Å²) < 4.78 is 10.6. The van der Waals surface area contributed by atoms with Crippen molar-refractivity contribution in [3.63, 3.8) is 0 Å². The molecule has 0 saturated carbocycles. The number of carbonyl (C=O) groups is 3. The second-order valence-corrected chi connectivity index (χ2v) is 11.2. The molecule has 9 nitrogen and oxygen atoms in total. The van der Waals surface area contributed by atoms with Gasteiger partial charge in [-0.15, -0.1) is 0 Å². The van der Waals surface area contributed by atoms with Crippen molar-refractivity contribution in [1.82, 2.24) is 10.2 Å². The Kier molecular flexibility index (Phi) is 12.0. The van der Waals surface area contributed by atoms with Crippen LogP contribution in [0.15, 0.2) is 48.5 Å². The number of carbonyl (C=O) groups excluding carboxylic acids is 3. The minimum atomic E-state index is -1.03. The smallest absolute Gasteiger partial charge is 0.408 e. The summed E-state index contributed by atoms with van der Waals surface area (Å²) in [5.74, 6) is 0.471. The zero-order valence-corrected chi connectivity index (χ0v) is 24.6. The predicted octanol–water partition coefficient (Wildman–Crippen LogP) is 5.35. The lowest BCUT2D eigenvalue weighted by molar-refractivity contribution is -0.143. The molecule has 0 fully saturated rings. The maximum Gasteiger partial charge on any atom is 0.408 e. The first-order valence-corrected chi connectivity index (χ1v) is 14.3. The molecule has 39 heavy (non-hydrogen) atoms. The lowest BCUT2D eigenvalue weighted by Gasteiger charge is -2.38. The fraction of sp³-hybridized carbons (Fsp3) is 0.483. The van der Waals surface area contributed by atoms with Crippen LogP contribution in [-0.2, 0) is 14.3 Å². The fourth-order valence-corrected chi connectivity index (χ4v) is 4.37. The van der Waals surface area contributed by atoms with Crippen molar-refractivity contribution in [2.45, 2.75) is 71.2 Å². The largest absolute Gasteiger partial charge is 0.508 e. The monoisotopic (exact) mass is 559 g/mol.